The van der Waals surface area contributed by atoms with Gasteiger partial charge in [-0.2, -0.15) is 0 Å². The smallest absolute Gasteiger partial charge is 0.157 e. The van der Waals surface area contributed by atoms with Crippen LogP contribution >= 0.6 is 0 Å². The topological polar surface area (TPSA) is 128 Å². The summed E-state index contributed by atoms with van der Waals surface area (Å²) in [6, 6.07) is 8.57. The van der Waals surface area contributed by atoms with E-state index in [4.69, 9.17) is 0 Å². The monoisotopic (exact) mass is 374 g/mol. The number of phenolic OH excluding ortho intramolecular Hbond substituents is 4. The number of aliphatic hydroxyl groups excluding tert-OH is 2. The minimum Gasteiger partial charge on any atom is -0.504 e. The maximum absolute atomic E-state index is 10.7. The second-order valence-electron chi connectivity index (χ2n) is 7.18. The molecule has 27 heavy (non-hydrogen) atoms. The minimum absolute atomic E-state index is 0.0290. The summed E-state index contributed by atoms with van der Waals surface area (Å²) in [6.07, 6.45) is -1.05. The van der Waals surface area contributed by atoms with Gasteiger partial charge in [0.1, 0.15) is 12.5 Å². The van der Waals surface area contributed by atoms with E-state index in [9.17, 15) is 30.6 Å². The van der Waals surface area contributed by atoms with Gasteiger partial charge in [0.15, 0.2) is 23.0 Å². The Balaban J connectivity index is 1.47. The maximum atomic E-state index is 10.7. The quantitative estimate of drug-likeness (QED) is 0.437. The molecule has 8 nitrogen and oxygen atoms in total. The molecule has 2 heterocycles. The fraction of sp³-hybridized carbons (Fsp3) is 0.368. The Kier molecular flexibility index (Phi) is 4.35. The molecule has 0 aromatic heterocycles. The summed E-state index contributed by atoms with van der Waals surface area (Å²) in [5.41, 5.74) is 0.988. The third-order valence-electron chi connectivity index (χ3n) is 5.55. The first-order valence-electron chi connectivity index (χ1n) is 8.76. The summed E-state index contributed by atoms with van der Waals surface area (Å²) in [6.45, 7) is 1.07. The van der Waals surface area contributed by atoms with Gasteiger partial charge in [0, 0.05) is 25.2 Å². The Hall–Kier alpha value is -2.52. The highest BCUT2D eigenvalue weighted by Crippen LogP contribution is 2.41. The average molecular weight is 374 g/mol. The van der Waals surface area contributed by atoms with E-state index in [-0.39, 0.29) is 35.1 Å². The number of rotatable bonds is 4. The van der Waals surface area contributed by atoms with E-state index in [2.05, 4.69) is 0 Å². The van der Waals surface area contributed by atoms with Crippen molar-refractivity contribution in [2.45, 2.75) is 31.0 Å². The van der Waals surface area contributed by atoms with Gasteiger partial charge in [-0.15, -0.1) is 0 Å². The lowest BCUT2D eigenvalue weighted by atomic mass is 10.1. The van der Waals surface area contributed by atoms with Crippen LogP contribution in [-0.4, -0.2) is 65.6 Å². The molecule has 4 atom stereocenters. The average Bonchev–Trinajstić information content (AvgIpc) is 3.26. The summed E-state index contributed by atoms with van der Waals surface area (Å²) >= 11 is 0. The molecule has 0 spiro atoms. The number of hydrogen-bond acceptors (Lipinski definition) is 8. The Bertz CT molecular complexity index is 791. The number of aliphatic hydroxyl groups is 2. The number of aromatic hydroxyl groups is 4. The Labute approximate surface area is 155 Å². The lowest BCUT2D eigenvalue weighted by molar-refractivity contribution is -0.0743. The van der Waals surface area contributed by atoms with E-state index in [0.717, 1.165) is 6.42 Å². The van der Waals surface area contributed by atoms with Crippen molar-refractivity contribution in [1.82, 2.24) is 9.80 Å². The van der Waals surface area contributed by atoms with Gasteiger partial charge in [0.05, 0.1) is 0 Å². The van der Waals surface area contributed by atoms with Crippen molar-refractivity contribution in [2.24, 2.45) is 0 Å². The Morgan fingerprint density at radius 2 is 1.07 bits per heavy atom. The van der Waals surface area contributed by atoms with Crippen molar-refractivity contribution in [2.75, 3.05) is 13.1 Å². The maximum Gasteiger partial charge on any atom is 0.157 e. The largest absolute Gasteiger partial charge is 0.504 e. The zero-order valence-corrected chi connectivity index (χ0v) is 14.5. The van der Waals surface area contributed by atoms with Crippen LogP contribution < -0.4 is 0 Å². The summed E-state index contributed by atoms with van der Waals surface area (Å²) in [5.74, 6) is -1.03. The third kappa shape index (κ3) is 3.06. The van der Waals surface area contributed by atoms with Gasteiger partial charge in [-0.25, -0.2) is 0 Å². The van der Waals surface area contributed by atoms with Crippen LogP contribution in [0.3, 0.4) is 0 Å². The van der Waals surface area contributed by atoms with Crippen molar-refractivity contribution < 1.29 is 30.6 Å². The van der Waals surface area contributed by atoms with Crippen molar-refractivity contribution in [3.05, 3.63) is 47.5 Å². The van der Waals surface area contributed by atoms with Crippen LogP contribution in [0.25, 0.3) is 0 Å². The number of hydrogen-bond donors (Lipinski definition) is 6. The molecule has 2 bridgehead atoms. The number of fused-ring (bicyclic) bond motifs is 2. The van der Waals surface area contributed by atoms with Crippen LogP contribution in [0, 0.1) is 0 Å². The van der Waals surface area contributed by atoms with E-state index in [0.29, 0.717) is 24.2 Å². The van der Waals surface area contributed by atoms with E-state index in [1.807, 2.05) is 9.80 Å². The van der Waals surface area contributed by atoms with Crippen LogP contribution in [0.4, 0.5) is 0 Å². The number of benzene rings is 2. The first-order valence-corrected chi connectivity index (χ1v) is 8.76. The molecule has 2 aromatic rings. The zero-order chi connectivity index (χ0) is 19.3. The Morgan fingerprint density at radius 1 is 0.667 bits per heavy atom. The molecule has 2 aliphatic heterocycles. The zero-order valence-electron chi connectivity index (χ0n) is 14.5. The van der Waals surface area contributed by atoms with Gasteiger partial charge in [0.2, 0.25) is 0 Å². The molecule has 2 fully saturated rings. The highest BCUT2D eigenvalue weighted by atomic mass is 16.3. The molecule has 4 rings (SSSR count). The van der Waals surface area contributed by atoms with Gasteiger partial charge < -0.3 is 30.6 Å². The summed E-state index contributed by atoms with van der Waals surface area (Å²) in [5, 5.41) is 59.5. The molecule has 0 saturated carbocycles. The van der Waals surface area contributed by atoms with Crippen molar-refractivity contribution in [3.8, 4) is 23.0 Å². The highest BCUT2D eigenvalue weighted by Gasteiger charge is 2.47. The van der Waals surface area contributed by atoms with Crippen molar-refractivity contribution >= 4 is 0 Å². The second kappa shape index (κ2) is 6.58. The van der Waals surface area contributed by atoms with Crippen LogP contribution in [0.2, 0.25) is 0 Å². The normalized spacial score (nSPS) is 25.0. The summed E-state index contributed by atoms with van der Waals surface area (Å²) in [7, 11) is 0. The molecular weight excluding hydrogens is 352 g/mol. The lowest BCUT2D eigenvalue weighted by Gasteiger charge is -2.39. The molecular formula is C19H22N2O6. The molecule has 0 amide bonds. The standard InChI is InChI=1S/C19H22N2O6/c22-14-3-1-10(5-16(14)24)18(26)20-8-13-7-12(20)9-21(13)19(27)11-2-4-15(23)17(25)6-11/h1-6,12-13,18-19,22-27H,7-9H2. The van der Waals surface area contributed by atoms with Crippen LogP contribution in [-0.2, 0) is 0 Å². The number of nitrogens with zero attached hydrogens (tertiary/aromatic N) is 2. The van der Waals surface area contributed by atoms with Gasteiger partial charge in [-0.05, 0) is 41.8 Å². The van der Waals surface area contributed by atoms with Gasteiger partial charge in [-0.3, -0.25) is 9.80 Å². The number of piperazine rings is 1. The minimum atomic E-state index is -0.913. The first-order chi connectivity index (χ1) is 12.8. The van der Waals surface area contributed by atoms with E-state index in [1.165, 1.54) is 24.3 Å². The molecule has 2 saturated heterocycles. The number of likely N-dealkylation sites (tertiary alicyclic amines) is 2. The van der Waals surface area contributed by atoms with Crippen molar-refractivity contribution in [3.63, 3.8) is 0 Å². The first kappa shape index (κ1) is 17.9. The predicted octanol–water partition coefficient (Wildman–Crippen LogP) is 0.949. The molecule has 2 aromatic carbocycles. The van der Waals surface area contributed by atoms with E-state index in [1.54, 1.807) is 12.1 Å². The molecule has 2 aliphatic rings. The SMILES string of the molecule is Oc1ccc(C(O)N2CC3CC2CN3C(O)c2ccc(O)c(O)c2)cc1O. The van der Waals surface area contributed by atoms with Crippen LogP contribution in [0.5, 0.6) is 23.0 Å². The molecule has 6 N–H and O–H groups in total. The van der Waals surface area contributed by atoms with Gasteiger partial charge >= 0.3 is 0 Å². The molecule has 4 unspecified atom stereocenters. The highest BCUT2D eigenvalue weighted by molar-refractivity contribution is 5.42. The Morgan fingerprint density at radius 3 is 1.41 bits per heavy atom. The van der Waals surface area contributed by atoms with Crippen molar-refractivity contribution in [1.29, 1.82) is 0 Å². The predicted molar refractivity (Wildman–Crippen MR) is 95.1 cm³/mol. The van der Waals surface area contributed by atoms with E-state index >= 15 is 0 Å². The van der Waals surface area contributed by atoms with Crippen LogP contribution in [0.15, 0.2) is 36.4 Å². The fourth-order valence-electron chi connectivity index (χ4n) is 4.11. The van der Waals surface area contributed by atoms with Gasteiger partial charge in [0.25, 0.3) is 0 Å². The lowest BCUT2D eigenvalue weighted by Crippen LogP contribution is -2.48. The third-order valence-corrected chi connectivity index (χ3v) is 5.55. The summed E-state index contributed by atoms with van der Waals surface area (Å²) < 4.78 is 0. The van der Waals surface area contributed by atoms with Crippen LogP contribution in [0.1, 0.15) is 30.0 Å². The molecule has 8 heteroatoms. The van der Waals surface area contributed by atoms with E-state index < -0.39 is 12.5 Å². The van der Waals surface area contributed by atoms with Gasteiger partial charge in [-0.1, -0.05) is 12.1 Å². The fourth-order valence-corrected chi connectivity index (χ4v) is 4.11. The number of phenols is 4. The molecule has 144 valence electrons. The molecule has 0 aliphatic carbocycles. The second-order valence-corrected chi connectivity index (χ2v) is 7.18. The summed E-state index contributed by atoms with van der Waals surface area (Å²) in [4.78, 5) is 3.82. The molecule has 0 radical (unpaired) electrons.